The summed E-state index contributed by atoms with van der Waals surface area (Å²) in [4.78, 5) is 0. The van der Waals surface area contributed by atoms with Gasteiger partial charge in [0.2, 0.25) is 0 Å². The molecule has 0 aliphatic heterocycles. The van der Waals surface area contributed by atoms with Crippen molar-refractivity contribution < 1.29 is 9.15 Å². The molecule has 0 fully saturated rings. The summed E-state index contributed by atoms with van der Waals surface area (Å²) in [6.45, 7) is 1.06. The molecule has 0 radical (unpaired) electrons. The lowest BCUT2D eigenvalue weighted by Crippen LogP contribution is -2.07. The Morgan fingerprint density at radius 3 is 2.89 bits per heavy atom. The summed E-state index contributed by atoms with van der Waals surface area (Å²) in [5, 5.41) is 4.17. The Hall–Kier alpha value is -1.16. The van der Waals surface area contributed by atoms with Crippen LogP contribution >= 0.6 is 23.2 Å². The lowest BCUT2D eigenvalue weighted by Gasteiger charge is -2.08. The zero-order chi connectivity index (χ0) is 13.0. The topological polar surface area (TPSA) is 34.4 Å². The molecule has 2 aromatic rings. The molecule has 5 heteroatoms. The van der Waals surface area contributed by atoms with Gasteiger partial charge in [-0.2, -0.15) is 0 Å². The Balaban J connectivity index is 2.06. The van der Waals surface area contributed by atoms with E-state index in [1.807, 2.05) is 13.1 Å². The molecule has 0 saturated carbocycles. The summed E-state index contributed by atoms with van der Waals surface area (Å²) in [5.74, 6) is 1.43. The molecule has 2 rings (SSSR count). The lowest BCUT2D eigenvalue weighted by molar-refractivity contribution is 0.302. The van der Waals surface area contributed by atoms with Crippen LogP contribution in [-0.4, -0.2) is 7.05 Å². The average Bonchev–Trinajstić information content (AvgIpc) is 2.78. The second-order valence-electron chi connectivity index (χ2n) is 3.76. The predicted molar refractivity (Wildman–Crippen MR) is 72.3 cm³/mol. The van der Waals surface area contributed by atoms with E-state index in [0.717, 1.165) is 11.3 Å². The number of furan rings is 1. The van der Waals surface area contributed by atoms with Crippen LogP contribution in [0.5, 0.6) is 5.75 Å². The highest BCUT2D eigenvalue weighted by molar-refractivity contribution is 6.34. The van der Waals surface area contributed by atoms with Gasteiger partial charge in [0.1, 0.15) is 18.1 Å². The second-order valence-corrected chi connectivity index (χ2v) is 4.61. The average molecular weight is 286 g/mol. The third-order valence-corrected chi connectivity index (χ3v) is 3.00. The molecule has 96 valence electrons. The lowest BCUT2D eigenvalue weighted by atomic mass is 10.2. The number of nitrogens with one attached hydrogen (secondary N) is 1. The van der Waals surface area contributed by atoms with Crippen LogP contribution in [0.2, 0.25) is 10.0 Å². The number of hydrogen-bond acceptors (Lipinski definition) is 3. The standard InChI is InChI=1S/C13H13Cl2NO2/c1-16-7-13-9(4-5-17-13)8-18-12-6-10(14)2-3-11(12)15/h2-6,16H,7-8H2,1H3. The second kappa shape index (κ2) is 6.14. The molecule has 0 aliphatic rings. The maximum Gasteiger partial charge on any atom is 0.139 e. The van der Waals surface area contributed by atoms with Gasteiger partial charge in [-0.1, -0.05) is 23.2 Å². The van der Waals surface area contributed by atoms with Gasteiger partial charge in [0.25, 0.3) is 0 Å². The van der Waals surface area contributed by atoms with Crippen LogP contribution < -0.4 is 10.1 Å². The first-order valence-electron chi connectivity index (χ1n) is 5.48. The van der Waals surface area contributed by atoms with E-state index in [2.05, 4.69) is 5.32 Å². The maximum atomic E-state index is 6.02. The Bertz CT molecular complexity index is 525. The molecular weight excluding hydrogens is 273 g/mol. The van der Waals surface area contributed by atoms with E-state index >= 15 is 0 Å². The quantitative estimate of drug-likeness (QED) is 0.905. The fraction of sp³-hybridized carbons (Fsp3) is 0.231. The van der Waals surface area contributed by atoms with Crippen molar-refractivity contribution in [2.75, 3.05) is 7.05 Å². The van der Waals surface area contributed by atoms with Crippen LogP contribution in [0, 0.1) is 0 Å². The van der Waals surface area contributed by atoms with Crippen molar-refractivity contribution >= 4 is 23.2 Å². The van der Waals surface area contributed by atoms with Gasteiger partial charge in [-0.15, -0.1) is 0 Å². The van der Waals surface area contributed by atoms with E-state index in [4.69, 9.17) is 32.4 Å². The third kappa shape index (κ3) is 3.19. The Morgan fingerprint density at radius 2 is 2.11 bits per heavy atom. The molecular formula is C13H13Cl2NO2. The Kier molecular flexibility index (Phi) is 4.53. The van der Waals surface area contributed by atoms with Crippen LogP contribution in [-0.2, 0) is 13.2 Å². The molecule has 0 unspecified atom stereocenters. The normalized spacial score (nSPS) is 10.6. The SMILES string of the molecule is CNCc1occc1COc1cc(Cl)ccc1Cl. The molecule has 0 spiro atoms. The van der Waals surface area contributed by atoms with Crippen molar-refractivity contribution in [1.82, 2.24) is 5.32 Å². The molecule has 3 nitrogen and oxygen atoms in total. The maximum absolute atomic E-state index is 6.02. The van der Waals surface area contributed by atoms with E-state index in [-0.39, 0.29) is 0 Å². The molecule has 0 aliphatic carbocycles. The molecule has 1 aromatic carbocycles. The summed E-state index contributed by atoms with van der Waals surface area (Å²) >= 11 is 11.9. The zero-order valence-corrected chi connectivity index (χ0v) is 11.4. The van der Waals surface area contributed by atoms with Gasteiger partial charge in [-0.05, 0) is 25.2 Å². The monoisotopic (exact) mass is 285 g/mol. The summed E-state index contributed by atoms with van der Waals surface area (Å²) < 4.78 is 11.0. The first-order chi connectivity index (χ1) is 8.70. The van der Waals surface area contributed by atoms with Gasteiger partial charge in [0, 0.05) is 16.7 Å². The number of ether oxygens (including phenoxy) is 1. The van der Waals surface area contributed by atoms with Crippen LogP contribution in [0.4, 0.5) is 0 Å². The predicted octanol–water partition coefficient (Wildman–Crippen LogP) is 3.88. The highest BCUT2D eigenvalue weighted by atomic mass is 35.5. The van der Waals surface area contributed by atoms with E-state index in [1.54, 1.807) is 24.5 Å². The summed E-state index contributed by atoms with van der Waals surface area (Å²) in [6.07, 6.45) is 1.64. The molecule has 1 heterocycles. The minimum atomic E-state index is 0.396. The van der Waals surface area contributed by atoms with E-state index in [1.165, 1.54) is 0 Å². The molecule has 1 aromatic heterocycles. The molecule has 0 atom stereocenters. The number of hydrogen-bond donors (Lipinski definition) is 1. The Morgan fingerprint density at radius 1 is 1.28 bits per heavy atom. The zero-order valence-electron chi connectivity index (χ0n) is 9.87. The number of halogens is 2. The fourth-order valence-corrected chi connectivity index (χ4v) is 1.89. The third-order valence-electron chi connectivity index (χ3n) is 2.45. The van der Waals surface area contributed by atoms with Crippen LogP contribution in [0.25, 0.3) is 0 Å². The molecule has 0 amide bonds. The largest absolute Gasteiger partial charge is 0.487 e. The van der Waals surface area contributed by atoms with Gasteiger partial charge in [-0.25, -0.2) is 0 Å². The first-order valence-corrected chi connectivity index (χ1v) is 6.24. The van der Waals surface area contributed by atoms with Gasteiger partial charge in [0.15, 0.2) is 0 Å². The van der Waals surface area contributed by atoms with Gasteiger partial charge in [-0.3, -0.25) is 0 Å². The van der Waals surface area contributed by atoms with Crippen molar-refractivity contribution in [2.45, 2.75) is 13.2 Å². The minimum absolute atomic E-state index is 0.396. The summed E-state index contributed by atoms with van der Waals surface area (Å²) in [6, 6.07) is 7.01. The van der Waals surface area contributed by atoms with E-state index in [9.17, 15) is 0 Å². The van der Waals surface area contributed by atoms with Crippen LogP contribution in [0.1, 0.15) is 11.3 Å². The minimum Gasteiger partial charge on any atom is -0.487 e. The van der Waals surface area contributed by atoms with Crippen LogP contribution in [0.15, 0.2) is 34.9 Å². The van der Waals surface area contributed by atoms with Gasteiger partial charge >= 0.3 is 0 Å². The van der Waals surface area contributed by atoms with Crippen molar-refractivity contribution in [1.29, 1.82) is 0 Å². The smallest absolute Gasteiger partial charge is 0.139 e. The highest BCUT2D eigenvalue weighted by Gasteiger charge is 2.08. The molecule has 0 bridgehead atoms. The van der Waals surface area contributed by atoms with Crippen molar-refractivity contribution in [3.8, 4) is 5.75 Å². The van der Waals surface area contributed by atoms with Gasteiger partial charge in [0.05, 0.1) is 17.8 Å². The first kappa shape index (κ1) is 13.3. The van der Waals surface area contributed by atoms with E-state index < -0.39 is 0 Å². The van der Waals surface area contributed by atoms with Crippen molar-refractivity contribution in [3.05, 3.63) is 51.9 Å². The van der Waals surface area contributed by atoms with Crippen molar-refractivity contribution in [3.63, 3.8) is 0 Å². The Labute approximate surface area is 116 Å². The number of benzene rings is 1. The highest BCUT2D eigenvalue weighted by Crippen LogP contribution is 2.28. The van der Waals surface area contributed by atoms with Gasteiger partial charge < -0.3 is 14.5 Å². The number of rotatable bonds is 5. The summed E-state index contributed by atoms with van der Waals surface area (Å²) in [7, 11) is 1.86. The molecule has 0 saturated heterocycles. The molecule has 18 heavy (non-hydrogen) atoms. The van der Waals surface area contributed by atoms with Crippen LogP contribution in [0.3, 0.4) is 0 Å². The fourth-order valence-electron chi connectivity index (χ4n) is 1.55. The summed E-state index contributed by atoms with van der Waals surface area (Å²) in [5.41, 5.74) is 0.986. The van der Waals surface area contributed by atoms with E-state index in [0.29, 0.717) is 28.9 Å². The molecule has 1 N–H and O–H groups in total. The van der Waals surface area contributed by atoms with Crippen molar-refractivity contribution in [2.24, 2.45) is 0 Å².